The molecule has 19 heavy (non-hydrogen) atoms. The molecule has 6 heteroatoms. The summed E-state index contributed by atoms with van der Waals surface area (Å²) >= 11 is 2.19. The average Bonchev–Trinajstić information content (AvgIpc) is 2.25. The lowest BCUT2D eigenvalue weighted by atomic mass is 9.96. The van der Waals surface area contributed by atoms with Crippen LogP contribution in [0.5, 0.6) is 0 Å². The number of anilines is 1. The second kappa shape index (κ2) is 6.33. The van der Waals surface area contributed by atoms with Crippen LogP contribution in [0.15, 0.2) is 24.3 Å². The van der Waals surface area contributed by atoms with Crippen LogP contribution in [0.4, 0.5) is 5.69 Å². The van der Waals surface area contributed by atoms with Crippen LogP contribution >= 0.6 is 22.6 Å². The van der Waals surface area contributed by atoms with Crippen LogP contribution in [0.3, 0.4) is 0 Å². The predicted octanol–water partition coefficient (Wildman–Crippen LogP) is 1.64. The number of carbonyl (C=O) groups is 2. The number of halogens is 1. The number of likely N-dealkylation sites (tertiary alicyclic amines) is 1. The number of hydrogen-bond acceptors (Lipinski definition) is 3. The van der Waals surface area contributed by atoms with Gasteiger partial charge in [-0.3, -0.25) is 14.5 Å². The van der Waals surface area contributed by atoms with E-state index >= 15 is 0 Å². The molecule has 102 valence electrons. The smallest absolute Gasteiger partial charge is 0.303 e. The van der Waals surface area contributed by atoms with E-state index in [1.165, 1.54) is 0 Å². The van der Waals surface area contributed by atoms with Crippen LogP contribution in [-0.4, -0.2) is 41.5 Å². The van der Waals surface area contributed by atoms with Crippen molar-refractivity contribution in [3.8, 4) is 0 Å². The van der Waals surface area contributed by atoms with E-state index < -0.39 is 5.97 Å². The summed E-state index contributed by atoms with van der Waals surface area (Å²) in [6.07, 6.45) is 0.189. The summed E-state index contributed by atoms with van der Waals surface area (Å²) < 4.78 is 1.07. The Labute approximate surface area is 125 Å². The molecule has 1 saturated heterocycles. The Bertz CT molecular complexity index is 487. The summed E-state index contributed by atoms with van der Waals surface area (Å²) in [4.78, 5) is 24.2. The van der Waals surface area contributed by atoms with Gasteiger partial charge in [-0.2, -0.15) is 0 Å². The van der Waals surface area contributed by atoms with Crippen LogP contribution < -0.4 is 5.32 Å². The van der Waals surface area contributed by atoms with Crippen molar-refractivity contribution in [2.45, 2.75) is 6.42 Å². The third-order valence-corrected chi connectivity index (χ3v) is 3.64. The fourth-order valence-corrected chi connectivity index (χ4v) is 2.69. The number of carbonyl (C=O) groups excluding carboxylic acids is 1. The molecule has 0 aliphatic carbocycles. The highest BCUT2D eigenvalue weighted by atomic mass is 127. The van der Waals surface area contributed by atoms with Gasteiger partial charge in [0.15, 0.2) is 0 Å². The predicted molar refractivity (Wildman–Crippen MR) is 80.0 cm³/mol. The molecule has 1 heterocycles. The number of carboxylic acids is 1. The first-order valence-electron chi connectivity index (χ1n) is 6.02. The lowest BCUT2D eigenvalue weighted by Gasteiger charge is -2.37. The Morgan fingerprint density at radius 2 is 2.16 bits per heavy atom. The Morgan fingerprint density at radius 1 is 1.42 bits per heavy atom. The number of benzene rings is 1. The summed E-state index contributed by atoms with van der Waals surface area (Å²) in [5.41, 5.74) is 0.791. The third-order valence-electron chi connectivity index (χ3n) is 2.97. The molecule has 1 aromatic rings. The van der Waals surface area contributed by atoms with Crippen LogP contribution in [0.2, 0.25) is 0 Å². The molecule has 0 radical (unpaired) electrons. The van der Waals surface area contributed by atoms with Crippen molar-refractivity contribution in [1.82, 2.24) is 4.90 Å². The molecule has 0 saturated carbocycles. The molecule has 0 aromatic heterocycles. The number of carboxylic acid groups (broad SMARTS) is 1. The fraction of sp³-hybridized carbons (Fsp3) is 0.385. The van der Waals surface area contributed by atoms with Crippen LogP contribution in [0.1, 0.15) is 6.42 Å². The molecule has 0 unspecified atom stereocenters. The first kappa shape index (κ1) is 14.3. The number of aliphatic carboxylic acids is 1. The molecule has 1 aliphatic heterocycles. The molecule has 1 amide bonds. The first-order valence-corrected chi connectivity index (χ1v) is 7.10. The van der Waals surface area contributed by atoms with E-state index in [9.17, 15) is 9.59 Å². The second-order valence-electron chi connectivity index (χ2n) is 4.72. The van der Waals surface area contributed by atoms with Gasteiger partial charge in [-0.1, -0.05) is 6.07 Å². The van der Waals surface area contributed by atoms with E-state index in [1.54, 1.807) is 0 Å². The molecule has 0 spiro atoms. The number of nitrogens with zero attached hydrogens (tertiary/aromatic N) is 1. The van der Waals surface area contributed by atoms with E-state index in [0.29, 0.717) is 19.6 Å². The molecule has 2 N–H and O–H groups in total. The number of hydrogen-bond donors (Lipinski definition) is 2. The van der Waals surface area contributed by atoms with Crippen molar-refractivity contribution >= 4 is 40.2 Å². The van der Waals surface area contributed by atoms with Crippen molar-refractivity contribution in [2.24, 2.45) is 5.92 Å². The minimum absolute atomic E-state index is 0.0595. The number of amides is 1. The van der Waals surface area contributed by atoms with Gasteiger partial charge in [-0.05, 0) is 46.7 Å². The van der Waals surface area contributed by atoms with E-state index in [0.717, 1.165) is 9.26 Å². The van der Waals surface area contributed by atoms with Gasteiger partial charge in [0.25, 0.3) is 0 Å². The summed E-state index contributed by atoms with van der Waals surface area (Å²) in [6.45, 7) is 1.69. The first-order chi connectivity index (χ1) is 9.02. The van der Waals surface area contributed by atoms with Gasteiger partial charge in [-0.25, -0.2) is 0 Å². The van der Waals surface area contributed by atoms with Crippen LogP contribution in [0.25, 0.3) is 0 Å². The van der Waals surface area contributed by atoms with Crippen molar-refractivity contribution in [3.05, 3.63) is 27.8 Å². The van der Waals surface area contributed by atoms with Crippen molar-refractivity contribution in [2.75, 3.05) is 25.0 Å². The molecule has 0 bridgehead atoms. The minimum atomic E-state index is -0.770. The molecule has 1 fully saturated rings. The largest absolute Gasteiger partial charge is 0.481 e. The zero-order chi connectivity index (χ0) is 13.8. The lowest BCUT2D eigenvalue weighted by molar-refractivity contribution is -0.139. The Kier molecular flexibility index (Phi) is 4.76. The standard InChI is InChI=1S/C13H15IN2O3/c14-10-2-1-3-11(5-10)15-12(17)8-16-6-9(7-16)4-13(18)19/h1-3,5,9H,4,6-8H2,(H,15,17)(H,18,19). The van der Waals surface area contributed by atoms with Gasteiger partial charge >= 0.3 is 5.97 Å². The SMILES string of the molecule is O=C(O)CC1CN(CC(=O)Nc2cccc(I)c2)C1. The molecule has 0 atom stereocenters. The van der Waals surface area contributed by atoms with Gasteiger partial charge < -0.3 is 10.4 Å². The fourth-order valence-electron chi connectivity index (χ4n) is 2.15. The maximum absolute atomic E-state index is 11.8. The quantitative estimate of drug-likeness (QED) is 0.769. The average molecular weight is 374 g/mol. The molecular formula is C13H15IN2O3. The summed E-state index contributed by atoms with van der Waals surface area (Å²) in [7, 11) is 0. The van der Waals surface area contributed by atoms with E-state index in [1.807, 2.05) is 29.2 Å². The normalized spacial score (nSPS) is 15.8. The van der Waals surface area contributed by atoms with Crippen molar-refractivity contribution in [1.29, 1.82) is 0 Å². The summed E-state index contributed by atoms with van der Waals surface area (Å²) in [5.74, 6) is -0.647. The van der Waals surface area contributed by atoms with E-state index in [2.05, 4.69) is 27.9 Å². The van der Waals surface area contributed by atoms with E-state index in [-0.39, 0.29) is 18.2 Å². The molecular weight excluding hydrogens is 359 g/mol. The van der Waals surface area contributed by atoms with Crippen molar-refractivity contribution in [3.63, 3.8) is 0 Å². The van der Waals surface area contributed by atoms with Gasteiger partial charge in [0.1, 0.15) is 0 Å². The Morgan fingerprint density at radius 3 is 2.79 bits per heavy atom. The lowest BCUT2D eigenvalue weighted by Crippen LogP contribution is -2.50. The monoisotopic (exact) mass is 374 g/mol. The van der Waals surface area contributed by atoms with Crippen LogP contribution in [-0.2, 0) is 9.59 Å². The maximum atomic E-state index is 11.8. The third kappa shape index (κ3) is 4.46. The molecule has 2 rings (SSSR count). The maximum Gasteiger partial charge on any atom is 0.303 e. The molecule has 5 nitrogen and oxygen atoms in total. The zero-order valence-corrected chi connectivity index (χ0v) is 12.5. The summed E-state index contributed by atoms with van der Waals surface area (Å²) in [5, 5.41) is 11.5. The number of nitrogens with one attached hydrogen (secondary N) is 1. The molecule has 1 aliphatic rings. The topological polar surface area (TPSA) is 69.6 Å². The summed E-state index contributed by atoms with van der Waals surface area (Å²) in [6, 6.07) is 7.61. The minimum Gasteiger partial charge on any atom is -0.481 e. The number of rotatable bonds is 5. The van der Waals surface area contributed by atoms with Crippen LogP contribution in [0, 0.1) is 9.49 Å². The second-order valence-corrected chi connectivity index (χ2v) is 5.96. The molecule has 1 aromatic carbocycles. The Balaban J connectivity index is 1.73. The van der Waals surface area contributed by atoms with Crippen molar-refractivity contribution < 1.29 is 14.7 Å². The Hall–Kier alpha value is -1.15. The highest BCUT2D eigenvalue weighted by Crippen LogP contribution is 2.19. The van der Waals surface area contributed by atoms with Gasteiger partial charge in [0.05, 0.1) is 13.0 Å². The zero-order valence-electron chi connectivity index (χ0n) is 10.3. The highest BCUT2D eigenvalue weighted by Gasteiger charge is 2.29. The highest BCUT2D eigenvalue weighted by molar-refractivity contribution is 14.1. The van der Waals surface area contributed by atoms with Gasteiger partial charge in [0.2, 0.25) is 5.91 Å². The van der Waals surface area contributed by atoms with Gasteiger partial charge in [-0.15, -0.1) is 0 Å². The van der Waals surface area contributed by atoms with Gasteiger partial charge in [0, 0.05) is 22.3 Å². The van der Waals surface area contributed by atoms with E-state index in [4.69, 9.17) is 5.11 Å².